The summed E-state index contributed by atoms with van der Waals surface area (Å²) in [5.74, 6) is 0.122. The maximum absolute atomic E-state index is 12.8. The van der Waals surface area contributed by atoms with Gasteiger partial charge in [-0.3, -0.25) is 9.59 Å². The van der Waals surface area contributed by atoms with Gasteiger partial charge in [-0.25, -0.2) is 0 Å². The molecule has 0 aromatic carbocycles. The molecule has 2 amide bonds. The molecule has 1 atom stereocenters. The third-order valence-corrected chi connectivity index (χ3v) is 5.91. The molecule has 1 saturated carbocycles. The zero-order chi connectivity index (χ0) is 15.6. The van der Waals surface area contributed by atoms with Crippen molar-refractivity contribution in [3.05, 3.63) is 22.4 Å². The van der Waals surface area contributed by atoms with Crippen LogP contribution in [0.1, 0.15) is 56.7 Å². The van der Waals surface area contributed by atoms with E-state index < -0.39 is 5.54 Å². The molecule has 2 heterocycles. The van der Waals surface area contributed by atoms with Crippen LogP contribution in [0.2, 0.25) is 0 Å². The Labute approximate surface area is 135 Å². The molecule has 0 bridgehead atoms. The van der Waals surface area contributed by atoms with Gasteiger partial charge in [-0.2, -0.15) is 0 Å². The van der Waals surface area contributed by atoms with Crippen LogP contribution in [-0.4, -0.2) is 28.3 Å². The fourth-order valence-corrected chi connectivity index (χ4v) is 4.23. The van der Waals surface area contributed by atoms with Crippen molar-refractivity contribution in [2.24, 2.45) is 0 Å². The highest BCUT2D eigenvalue weighted by atomic mass is 32.1. The highest BCUT2D eigenvalue weighted by Crippen LogP contribution is 2.33. The van der Waals surface area contributed by atoms with Gasteiger partial charge in [0.1, 0.15) is 5.54 Å². The van der Waals surface area contributed by atoms with Gasteiger partial charge in [0.2, 0.25) is 11.8 Å². The predicted octanol–water partition coefficient (Wildman–Crippen LogP) is 3.08. The molecule has 2 aliphatic rings. The number of carbonyl (C=O) groups is 2. The van der Waals surface area contributed by atoms with Crippen molar-refractivity contribution >= 4 is 23.2 Å². The molecule has 4 nitrogen and oxygen atoms in total. The third kappa shape index (κ3) is 3.05. The molecule has 1 aromatic heterocycles. The molecule has 1 N–H and O–H groups in total. The van der Waals surface area contributed by atoms with Gasteiger partial charge in [-0.15, -0.1) is 11.3 Å². The summed E-state index contributed by atoms with van der Waals surface area (Å²) in [4.78, 5) is 28.0. The number of rotatable bonds is 4. The Morgan fingerprint density at radius 3 is 2.86 bits per heavy atom. The summed E-state index contributed by atoms with van der Waals surface area (Å²) in [5.41, 5.74) is -0.696. The molecule has 1 saturated heterocycles. The van der Waals surface area contributed by atoms with E-state index in [2.05, 4.69) is 5.32 Å². The van der Waals surface area contributed by atoms with Gasteiger partial charge in [0.25, 0.3) is 0 Å². The predicted molar refractivity (Wildman–Crippen MR) is 87.5 cm³/mol. The van der Waals surface area contributed by atoms with Gasteiger partial charge in [0.05, 0.1) is 6.54 Å². The second-order valence-corrected chi connectivity index (χ2v) is 7.67. The lowest BCUT2D eigenvalue weighted by molar-refractivity contribution is -0.141. The fraction of sp³-hybridized carbons (Fsp3) is 0.647. The SMILES string of the molecule is C[C@@]1(C(=O)NC2CCCCC2)CCC(=O)N1Cc1cccs1. The van der Waals surface area contributed by atoms with Crippen LogP contribution in [0.3, 0.4) is 0 Å². The maximum Gasteiger partial charge on any atom is 0.245 e. The molecule has 1 aliphatic carbocycles. The van der Waals surface area contributed by atoms with Crippen LogP contribution in [-0.2, 0) is 16.1 Å². The molecule has 3 rings (SSSR count). The van der Waals surface area contributed by atoms with Crippen molar-refractivity contribution < 1.29 is 9.59 Å². The molecule has 0 radical (unpaired) electrons. The molecule has 5 heteroatoms. The monoisotopic (exact) mass is 320 g/mol. The topological polar surface area (TPSA) is 49.4 Å². The van der Waals surface area contributed by atoms with Crippen molar-refractivity contribution in [2.45, 2.75) is 70.0 Å². The number of nitrogens with one attached hydrogen (secondary N) is 1. The Kier molecular flexibility index (Phi) is 4.52. The van der Waals surface area contributed by atoms with Crippen LogP contribution in [0.4, 0.5) is 0 Å². The van der Waals surface area contributed by atoms with E-state index in [1.54, 1.807) is 16.2 Å². The van der Waals surface area contributed by atoms with Crippen molar-refractivity contribution in [3.63, 3.8) is 0 Å². The molecule has 0 unspecified atom stereocenters. The maximum atomic E-state index is 12.8. The average Bonchev–Trinajstić information content (AvgIpc) is 3.13. The minimum absolute atomic E-state index is 0.0295. The molecular weight excluding hydrogens is 296 g/mol. The first-order valence-electron chi connectivity index (χ1n) is 8.23. The Balaban J connectivity index is 1.70. The van der Waals surface area contributed by atoms with Gasteiger partial charge in [-0.05, 0) is 37.6 Å². The normalized spacial score (nSPS) is 26.4. The number of thiophene rings is 1. The van der Waals surface area contributed by atoms with E-state index in [4.69, 9.17) is 0 Å². The first-order valence-corrected chi connectivity index (χ1v) is 9.11. The van der Waals surface area contributed by atoms with Crippen LogP contribution in [0.5, 0.6) is 0 Å². The van der Waals surface area contributed by atoms with E-state index >= 15 is 0 Å². The first kappa shape index (κ1) is 15.5. The van der Waals surface area contributed by atoms with E-state index in [9.17, 15) is 9.59 Å². The van der Waals surface area contributed by atoms with Gasteiger partial charge >= 0.3 is 0 Å². The number of hydrogen-bond acceptors (Lipinski definition) is 3. The summed E-state index contributed by atoms with van der Waals surface area (Å²) < 4.78 is 0. The molecule has 1 aromatic rings. The summed E-state index contributed by atoms with van der Waals surface area (Å²) in [5, 5.41) is 5.21. The second-order valence-electron chi connectivity index (χ2n) is 6.64. The molecule has 22 heavy (non-hydrogen) atoms. The number of hydrogen-bond donors (Lipinski definition) is 1. The summed E-state index contributed by atoms with van der Waals surface area (Å²) in [6.45, 7) is 2.47. The van der Waals surface area contributed by atoms with Crippen LogP contribution >= 0.6 is 11.3 Å². The Bertz CT molecular complexity index is 537. The van der Waals surface area contributed by atoms with E-state index in [1.807, 2.05) is 24.4 Å². The highest BCUT2D eigenvalue weighted by Gasteiger charge is 2.47. The molecule has 2 fully saturated rings. The fourth-order valence-electron chi connectivity index (χ4n) is 3.54. The summed E-state index contributed by atoms with van der Waals surface area (Å²) in [6.07, 6.45) is 6.89. The van der Waals surface area contributed by atoms with Crippen molar-refractivity contribution in [3.8, 4) is 0 Å². The Morgan fingerprint density at radius 2 is 2.18 bits per heavy atom. The third-order valence-electron chi connectivity index (χ3n) is 5.05. The lowest BCUT2D eigenvalue weighted by Gasteiger charge is -2.35. The van der Waals surface area contributed by atoms with Gasteiger partial charge in [0.15, 0.2) is 0 Å². The number of nitrogens with zero attached hydrogens (tertiary/aromatic N) is 1. The number of likely N-dealkylation sites (tertiary alicyclic amines) is 1. The zero-order valence-electron chi connectivity index (χ0n) is 13.1. The lowest BCUT2D eigenvalue weighted by Crippen LogP contribution is -2.56. The minimum atomic E-state index is -0.696. The van der Waals surface area contributed by atoms with Gasteiger partial charge in [0, 0.05) is 17.3 Å². The van der Waals surface area contributed by atoms with Crippen molar-refractivity contribution in [2.75, 3.05) is 0 Å². The van der Waals surface area contributed by atoms with E-state index in [1.165, 1.54) is 19.3 Å². The summed E-state index contributed by atoms with van der Waals surface area (Å²) in [7, 11) is 0. The van der Waals surface area contributed by atoms with E-state index in [0.29, 0.717) is 19.4 Å². The minimum Gasteiger partial charge on any atom is -0.351 e. The molecular formula is C17H24N2O2S. The molecule has 120 valence electrons. The van der Waals surface area contributed by atoms with Gasteiger partial charge < -0.3 is 10.2 Å². The highest BCUT2D eigenvalue weighted by molar-refractivity contribution is 7.09. The Hall–Kier alpha value is -1.36. The summed E-state index contributed by atoms with van der Waals surface area (Å²) >= 11 is 1.63. The van der Waals surface area contributed by atoms with Crippen molar-refractivity contribution in [1.29, 1.82) is 0 Å². The standard InChI is InChI=1S/C17H24N2O2S/c1-17(16(21)18-13-6-3-2-4-7-13)10-9-15(20)19(17)12-14-8-5-11-22-14/h5,8,11,13H,2-4,6-7,9-10,12H2,1H3,(H,18,21)/t17-/m0/s1. The quantitative estimate of drug-likeness (QED) is 0.927. The van der Waals surface area contributed by atoms with E-state index in [-0.39, 0.29) is 17.9 Å². The Morgan fingerprint density at radius 1 is 1.41 bits per heavy atom. The van der Waals surface area contributed by atoms with Crippen molar-refractivity contribution in [1.82, 2.24) is 10.2 Å². The molecule has 0 spiro atoms. The smallest absolute Gasteiger partial charge is 0.245 e. The largest absolute Gasteiger partial charge is 0.351 e. The lowest BCUT2D eigenvalue weighted by atomic mass is 9.92. The number of amides is 2. The zero-order valence-corrected chi connectivity index (χ0v) is 14.0. The average molecular weight is 320 g/mol. The second kappa shape index (κ2) is 6.41. The van der Waals surface area contributed by atoms with E-state index in [0.717, 1.165) is 17.7 Å². The van der Waals surface area contributed by atoms with Crippen LogP contribution in [0.15, 0.2) is 17.5 Å². The molecule has 1 aliphatic heterocycles. The van der Waals surface area contributed by atoms with Crippen LogP contribution < -0.4 is 5.32 Å². The first-order chi connectivity index (χ1) is 10.6. The van der Waals surface area contributed by atoms with Gasteiger partial charge in [-0.1, -0.05) is 25.3 Å². The summed E-state index contributed by atoms with van der Waals surface area (Å²) in [6, 6.07) is 4.30. The number of carbonyl (C=O) groups excluding carboxylic acids is 2. The van der Waals surface area contributed by atoms with Crippen LogP contribution in [0.25, 0.3) is 0 Å². The van der Waals surface area contributed by atoms with Crippen LogP contribution in [0, 0.1) is 0 Å².